The van der Waals surface area contributed by atoms with Gasteiger partial charge >= 0.3 is 0 Å². The van der Waals surface area contributed by atoms with Gasteiger partial charge in [0.05, 0.1) is 6.10 Å². The Morgan fingerprint density at radius 3 is 2.56 bits per heavy atom. The summed E-state index contributed by atoms with van der Waals surface area (Å²) < 4.78 is 0. The van der Waals surface area contributed by atoms with Crippen molar-refractivity contribution in [3.63, 3.8) is 0 Å². The summed E-state index contributed by atoms with van der Waals surface area (Å²) in [6.07, 6.45) is 8.49. The van der Waals surface area contributed by atoms with Gasteiger partial charge in [-0.2, -0.15) is 0 Å². The van der Waals surface area contributed by atoms with Gasteiger partial charge in [0.15, 0.2) is 0 Å². The SMILES string of the molecule is CCC1CCC(C)C(O)C1CCCCCN. The van der Waals surface area contributed by atoms with Crippen LogP contribution in [0.2, 0.25) is 0 Å². The first-order valence-electron chi connectivity index (χ1n) is 7.08. The molecular formula is C14H29NO. The van der Waals surface area contributed by atoms with E-state index in [2.05, 4.69) is 13.8 Å². The maximum Gasteiger partial charge on any atom is 0.0596 e. The Morgan fingerprint density at radius 1 is 1.19 bits per heavy atom. The Balaban J connectivity index is 2.38. The first kappa shape index (κ1) is 14.0. The van der Waals surface area contributed by atoms with E-state index in [1.54, 1.807) is 0 Å². The summed E-state index contributed by atoms with van der Waals surface area (Å²) in [4.78, 5) is 0. The second-order valence-electron chi connectivity index (χ2n) is 5.52. The monoisotopic (exact) mass is 227 g/mol. The number of hydrogen-bond acceptors (Lipinski definition) is 2. The lowest BCUT2D eigenvalue weighted by atomic mass is 9.69. The van der Waals surface area contributed by atoms with Gasteiger partial charge < -0.3 is 10.8 Å². The van der Waals surface area contributed by atoms with E-state index < -0.39 is 0 Å². The largest absolute Gasteiger partial charge is 0.393 e. The highest BCUT2D eigenvalue weighted by Gasteiger charge is 2.34. The van der Waals surface area contributed by atoms with E-state index in [0.717, 1.165) is 18.9 Å². The minimum absolute atomic E-state index is 0.0587. The highest BCUT2D eigenvalue weighted by atomic mass is 16.3. The molecule has 1 aliphatic rings. The third-order valence-corrected chi connectivity index (χ3v) is 4.39. The van der Waals surface area contributed by atoms with Gasteiger partial charge in [0.25, 0.3) is 0 Å². The van der Waals surface area contributed by atoms with E-state index in [9.17, 15) is 5.11 Å². The van der Waals surface area contributed by atoms with Crippen molar-refractivity contribution in [2.24, 2.45) is 23.5 Å². The van der Waals surface area contributed by atoms with Crippen molar-refractivity contribution in [3.8, 4) is 0 Å². The second-order valence-corrected chi connectivity index (χ2v) is 5.52. The zero-order chi connectivity index (χ0) is 12.0. The van der Waals surface area contributed by atoms with Gasteiger partial charge in [-0.05, 0) is 50.0 Å². The average molecular weight is 227 g/mol. The predicted octanol–water partition coefficient (Wildman–Crippen LogP) is 2.94. The molecule has 1 aliphatic carbocycles. The van der Waals surface area contributed by atoms with Crippen LogP contribution in [-0.2, 0) is 0 Å². The number of hydrogen-bond donors (Lipinski definition) is 2. The summed E-state index contributed by atoms with van der Waals surface area (Å²) in [5.41, 5.74) is 5.50. The first-order valence-corrected chi connectivity index (χ1v) is 7.08. The van der Waals surface area contributed by atoms with Crippen molar-refractivity contribution in [1.29, 1.82) is 0 Å². The van der Waals surface area contributed by atoms with E-state index >= 15 is 0 Å². The zero-order valence-electron chi connectivity index (χ0n) is 11.0. The maximum absolute atomic E-state index is 10.3. The zero-order valence-corrected chi connectivity index (χ0v) is 11.0. The van der Waals surface area contributed by atoms with E-state index in [-0.39, 0.29) is 6.10 Å². The van der Waals surface area contributed by atoms with Crippen LogP contribution in [0.5, 0.6) is 0 Å². The normalized spacial score (nSPS) is 35.2. The fourth-order valence-electron chi connectivity index (χ4n) is 3.18. The smallest absolute Gasteiger partial charge is 0.0596 e. The Hall–Kier alpha value is -0.0800. The molecule has 1 fully saturated rings. The molecule has 1 saturated carbocycles. The van der Waals surface area contributed by atoms with Crippen LogP contribution in [0.3, 0.4) is 0 Å². The summed E-state index contributed by atoms with van der Waals surface area (Å²) in [6, 6.07) is 0. The molecule has 0 radical (unpaired) electrons. The highest BCUT2D eigenvalue weighted by molar-refractivity contribution is 4.85. The minimum Gasteiger partial charge on any atom is -0.393 e. The van der Waals surface area contributed by atoms with E-state index in [1.807, 2.05) is 0 Å². The van der Waals surface area contributed by atoms with Gasteiger partial charge in [-0.25, -0.2) is 0 Å². The molecule has 0 saturated heterocycles. The van der Waals surface area contributed by atoms with Crippen molar-refractivity contribution in [2.75, 3.05) is 6.54 Å². The molecule has 0 aromatic rings. The molecular weight excluding hydrogens is 198 g/mol. The average Bonchev–Trinajstić information content (AvgIpc) is 2.30. The number of nitrogens with two attached hydrogens (primary N) is 1. The summed E-state index contributed by atoms with van der Waals surface area (Å²) in [5.74, 6) is 1.80. The fourth-order valence-corrected chi connectivity index (χ4v) is 3.18. The van der Waals surface area contributed by atoms with Crippen molar-refractivity contribution in [2.45, 2.75) is 64.9 Å². The topological polar surface area (TPSA) is 46.2 Å². The molecule has 0 amide bonds. The van der Waals surface area contributed by atoms with Crippen molar-refractivity contribution in [3.05, 3.63) is 0 Å². The van der Waals surface area contributed by atoms with Crippen molar-refractivity contribution in [1.82, 2.24) is 0 Å². The molecule has 16 heavy (non-hydrogen) atoms. The van der Waals surface area contributed by atoms with Gasteiger partial charge in [-0.3, -0.25) is 0 Å². The first-order chi connectivity index (χ1) is 7.70. The van der Waals surface area contributed by atoms with E-state index in [0.29, 0.717) is 11.8 Å². The minimum atomic E-state index is -0.0587. The standard InChI is InChI=1S/C14H29NO/c1-3-12-9-8-11(2)14(16)13(12)7-5-4-6-10-15/h11-14,16H,3-10,15H2,1-2H3. The lowest BCUT2D eigenvalue weighted by Gasteiger charge is -2.39. The lowest BCUT2D eigenvalue weighted by molar-refractivity contribution is -0.0139. The molecule has 3 N–H and O–H groups in total. The molecule has 0 aromatic heterocycles. The molecule has 2 nitrogen and oxygen atoms in total. The summed E-state index contributed by atoms with van der Waals surface area (Å²) in [5, 5.41) is 10.3. The fraction of sp³-hybridized carbons (Fsp3) is 1.00. The van der Waals surface area contributed by atoms with Gasteiger partial charge in [0, 0.05) is 0 Å². The molecule has 0 aromatic carbocycles. The van der Waals surface area contributed by atoms with Crippen LogP contribution in [-0.4, -0.2) is 17.8 Å². The van der Waals surface area contributed by atoms with E-state index in [1.165, 1.54) is 38.5 Å². The van der Waals surface area contributed by atoms with Crippen molar-refractivity contribution < 1.29 is 5.11 Å². The highest BCUT2D eigenvalue weighted by Crippen LogP contribution is 2.38. The molecule has 2 heteroatoms. The second kappa shape index (κ2) is 7.29. The molecule has 0 aliphatic heterocycles. The molecule has 4 unspecified atom stereocenters. The van der Waals surface area contributed by atoms with Gasteiger partial charge in [0.2, 0.25) is 0 Å². The third kappa shape index (κ3) is 3.74. The molecule has 0 spiro atoms. The number of aliphatic hydroxyl groups excluding tert-OH is 1. The van der Waals surface area contributed by atoms with Gasteiger partial charge in [0.1, 0.15) is 0 Å². The van der Waals surface area contributed by atoms with Crippen molar-refractivity contribution >= 4 is 0 Å². The molecule has 96 valence electrons. The predicted molar refractivity (Wildman–Crippen MR) is 69.2 cm³/mol. The number of aliphatic hydroxyl groups is 1. The molecule has 4 atom stereocenters. The van der Waals surface area contributed by atoms with Gasteiger partial charge in [-0.1, -0.05) is 33.1 Å². The maximum atomic E-state index is 10.3. The van der Waals surface area contributed by atoms with Crippen LogP contribution in [0.1, 0.15) is 58.8 Å². The molecule has 1 rings (SSSR count). The summed E-state index contributed by atoms with van der Waals surface area (Å²) >= 11 is 0. The lowest BCUT2D eigenvalue weighted by Crippen LogP contribution is -2.37. The number of rotatable bonds is 6. The van der Waals surface area contributed by atoms with Crippen LogP contribution in [0.4, 0.5) is 0 Å². The summed E-state index contributed by atoms with van der Waals surface area (Å²) in [6.45, 7) is 5.27. The van der Waals surface area contributed by atoms with Crippen LogP contribution in [0.15, 0.2) is 0 Å². The van der Waals surface area contributed by atoms with E-state index in [4.69, 9.17) is 5.73 Å². The number of unbranched alkanes of at least 4 members (excludes halogenated alkanes) is 2. The Kier molecular flexibility index (Phi) is 6.37. The Bertz CT molecular complexity index is 182. The van der Waals surface area contributed by atoms with Crippen LogP contribution in [0.25, 0.3) is 0 Å². The van der Waals surface area contributed by atoms with Crippen LogP contribution < -0.4 is 5.73 Å². The Labute approximate surface area is 101 Å². The molecule has 0 bridgehead atoms. The quantitative estimate of drug-likeness (QED) is 0.685. The van der Waals surface area contributed by atoms with Gasteiger partial charge in [-0.15, -0.1) is 0 Å². The Morgan fingerprint density at radius 2 is 1.94 bits per heavy atom. The third-order valence-electron chi connectivity index (χ3n) is 4.39. The van der Waals surface area contributed by atoms with Crippen LogP contribution >= 0.6 is 0 Å². The molecule has 0 heterocycles. The summed E-state index contributed by atoms with van der Waals surface area (Å²) in [7, 11) is 0. The van der Waals surface area contributed by atoms with Crippen LogP contribution in [0, 0.1) is 17.8 Å².